The molecule has 1 aliphatic rings. The minimum absolute atomic E-state index is 0.0633. The molecule has 1 aromatic rings. The fourth-order valence-electron chi connectivity index (χ4n) is 2.19. The van der Waals surface area contributed by atoms with Gasteiger partial charge in [-0.15, -0.1) is 11.3 Å². The standard InChI is InChI=1S/C13H19N3O3S/c1-13(2,3)16-6-4-15(5-7-16)11(17)10-14-9(8-20-10)12(18)19/h8H,4-7H2,1-3H3,(H,18,19). The smallest absolute Gasteiger partial charge is 0.355 e. The average Bonchev–Trinajstić information content (AvgIpc) is 2.86. The molecule has 1 fully saturated rings. The van der Waals surface area contributed by atoms with Crippen LogP contribution >= 0.6 is 11.3 Å². The number of hydrogen-bond acceptors (Lipinski definition) is 5. The maximum atomic E-state index is 12.3. The Kier molecular flexibility index (Phi) is 4.10. The third-order valence-corrected chi connectivity index (χ3v) is 4.25. The third-order valence-electron chi connectivity index (χ3n) is 3.42. The van der Waals surface area contributed by atoms with Crippen molar-refractivity contribution in [2.24, 2.45) is 0 Å². The summed E-state index contributed by atoms with van der Waals surface area (Å²) in [5.41, 5.74) is 0.0407. The van der Waals surface area contributed by atoms with Crippen molar-refractivity contribution in [2.45, 2.75) is 26.3 Å². The fourth-order valence-corrected chi connectivity index (χ4v) is 2.94. The Morgan fingerprint density at radius 3 is 2.30 bits per heavy atom. The lowest BCUT2D eigenvalue weighted by atomic mass is 10.1. The zero-order valence-electron chi connectivity index (χ0n) is 11.9. The molecule has 7 heteroatoms. The van der Waals surface area contributed by atoms with Crippen molar-refractivity contribution in [1.82, 2.24) is 14.8 Å². The quantitative estimate of drug-likeness (QED) is 0.893. The van der Waals surface area contributed by atoms with E-state index < -0.39 is 5.97 Å². The average molecular weight is 297 g/mol. The van der Waals surface area contributed by atoms with E-state index in [2.05, 4.69) is 30.7 Å². The van der Waals surface area contributed by atoms with Crippen LogP contribution in [0.2, 0.25) is 0 Å². The molecule has 0 atom stereocenters. The molecule has 0 unspecified atom stereocenters. The lowest BCUT2D eigenvalue weighted by Crippen LogP contribution is -2.54. The summed E-state index contributed by atoms with van der Waals surface area (Å²) in [5, 5.41) is 10.5. The van der Waals surface area contributed by atoms with Gasteiger partial charge in [0.1, 0.15) is 0 Å². The van der Waals surface area contributed by atoms with E-state index in [1.54, 1.807) is 4.90 Å². The van der Waals surface area contributed by atoms with E-state index >= 15 is 0 Å². The van der Waals surface area contributed by atoms with Crippen molar-refractivity contribution in [3.63, 3.8) is 0 Å². The normalized spacial score (nSPS) is 17.2. The monoisotopic (exact) mass is 297 g/mol. The molecule has 0 radical (unpaired) electrons. The number of thiazole rings is 1. The minimum atomic E-state index is -1.10. The van der Waals surface area contributed by atoms with Gasteiger partial charge in [0.15, 0.2) is 10.7 Å². The van der Waals surface area contributed by atoms with Crippen LogP contribution in [-0.4, -0.2) is 63.5 Å². The van der Waals surface area contributed by atoms with Crippen LogP contribution in [0.15, 0.2) is 5.38 Å². The first-order chi connectivity index (χ1) is 9.29. The van der Waals surface area contributed by atoms with Crippen molar-refractivity contribution in [2.75, 3.05) is 26.2 Å². The Morgan fingerprint density at radius 2 is 1.85 bits per heavy atom. The molecule has 1 N–H and O–H groups in total. The zero-order valence-corrected chi connectivity index (χ0v) is 12.7. The first-order valence-corrected chi connectivity index (χ1v) is 7.40. The maximum absolute atomic E-state index is 12.3. The van der Waals surface area contributed by atoms with Gasteiger partial charge in [-0.3, -0.25) is 9.69 Å². The third kappa shape index (κ3) is 3.16. The Labute approximate surface area is 122 Å². The van der Waals surface area contributed by atoms with Gasteiger partial charge in [0.25, 0.3) is 5.91 Å². The van der Waals surface area contributed by atoms with Crippen LogP contribution in [0.1, 0.15) is 41.1 Å². The number of piperazine rings is 1. The van der Waals surface area contributed by atoms with Crippen LogP contribution in [0.25, 0.3) is 0 Å². The highest BCUT2D eigenvalue weighted by atomic mass is 32.1. The van der Waals surface area contributed by atoms with E-state index in [0.717, 1.165) is 24.4 Å². The molecule has 1 aliphatic heterocycles. The van der Waals surface area contributed by atoms with Crippen molar-refractivity contribution in [3.05, 3.63) is 16.1 Å². The van der Waals surface area contributed by atoms with Crippen LogP contribution in [0.3, 0.4) is 0 Å². The Hall–Kier alpha value is -1.47. The number of carbonyl (C=O) groups excluding carboxylic acids is 1. The van der Waals surface area contributed by atoms with Gasteiger partial charge in [-0.25, -0.2) is 9.78 Å². The molecular formula is C13H19N3O3S. The summed E-state index contributed by atoms with van der Waals surface area (Å²) in [7, 11) is 0. The summed E-state index contributed by atoms with van der Waals surface area (Å²) >= 11 is 1.09. The molecule has 1 aromatic heterocycles. The van der Waals surface area contributed by atoms with E-state index in [0.29, 0.717) is 13.1 Å². The highest BCUT2D eigenvalue weighted by molar-refractivity contribution is 7.11. The summed E-state index contributed by atoms with van der Waals surface area (Å²) < 4.78 is 0. The largest absolute Gasteiger partial charge is 0.476 e. The molecule has 0 spiro atoms. The van der Waals surface area contributed by atoms with Crippen LogP contribution in [0.4, 0.5) is 0 Å². The van der Waals surface area contributed by atoms with Crippen molar-refractivity contribution in [3.8, 4) is 0 Å². The lowest BCUT2D eigenvalue weighted by Gasteiger charge is -2.42. The van der Waals surface area contributed by atoms with E-state index in [9.17, 15) is 9.59 Å². The minimum Gasteiger partial charge on any atom is -0.476 e. The number of carboxylic acids is 1. The molecule has 20 heavy (non-hydrogen) atoms. The van der Waals surface area contributed by atoms with Crippen molar-refractivity contribution < 1.29 is 14.7 Å². The SMILES string of the molecule is CC(C)(C)N1CCN(C(=O)c2nc(C(=O)O)cs2)CC1. The number of carbonyl (C=O) groups is 2. The molecule has 0 bridgehead atoms. The second kappa shape index (κ2) is 5.49. The summed E-state index contributed by atoms with van der Waals surface area (Å²) in [6.45, 7) is 9.42. The molecule has 1 saturated heterocycles. The molecular weight excluding hydrogens is 278 g/mol. The predicted molar refractivity (Wildman–Crippen MR) is 76.3 cm³/mol. The molecule has 0 saturated carbocycles. The molecule has 110 valence electrons. The van der Waals surface area contributed by atoms with Crippen molar-refractivity contribution >= 4 is 23.2 Å². The van der Waals surface area contributed by atoms with Gasteiger partial charge in [0.2, 0.25) is 0 Å². The lowest BCUT2D eigenvalue weighted by molar-refractivity contribution is 0.0450. The number of nitrogens with zero attached hydrogens (tertiary/aromatic N) is 3. The molecule has 1 amide bonds. The molecule has 2 heterocycles. The Morgan fingerprint density at radius 1 is 1.25 bits per heavy atom. The fraction of sp³-hybridized carbons (Fsp3) is 0.615. The van der Waals surface area contributed by atoms with Gasteiger partial charge in [-0.05, 0) is 20.8 Å². The van der Waals surface area contributed by atoms with Crippen LogP contribution in [0, 0.1) is 0 Å². The van der Waals surface area contributed by atoms with E-state index in [-0.39, 0.29) is 22.1 Å². The molecule has 0 aromatic carbocycles. The maximum Gasteiger partial charge on any atom is 0.355 e. The molecule has 6 nitrogen and oxygen atoms in total. The van der Waals surface area contributed by atoms with Crippen LogP contribution in [-0.2, 0) is 0 Å². The topological polar surface area (TPSA) is 73.7 Å². The highest BCUT2D eigenvalue weighted by Gasteiger charge is 2.29. The zero-order chi connectivity index (χ0) is 14.9. The van der Waals surface area contributed by atoms with Gasteiger partial charge in [-0.1, -0.05) is 0 Å². The van der Waals surface area contributed by atoms with E-state index in [1.165, 1.54) is 5.38 Å². The van der Waals surface area contributed by atoms with Gasteiger partial charge in [0, 0.05) is 37.1 Å². The van der Waals surface area contributed by atoms with Gasteiger partial charge in [-0.2, -0.15) is 0 Å². The number of amides is 1. The summed E-state index contributed by atoms with van der Waals surface area (Å²) in [4.78, 5) is 31.0. The number of hydrogen-bond donors (Lipinski definition) is 1. The summed E-state index contributed by atoms with van der Waals surface area (Å²) in [5.74, 6) is -1.27. The van der Waals surface area contributed by atoms with Crippen molar-refractivity contribution in [1.29, 1.82) is 0 Å². The van der Waals surface area contributed by atoms with Gasteiger partial charge < -0.3 is 10.0 Å². The first kappa shape index (κ1) is 14.9. The number of aromatic nitrogens is 1. The summed E-state index contributed by atoms with van der Waals surface area (Å²) in [6.07, 6.45) is 0. The molecule has 2 rings (SSSR count). The van der Waals surface area contributed by atoms with Gasteiger partial charge in [0.05, 0.1) is 0 Å². The van der Waals surface area contributed by atoms with Crippen LogP contribution in [0.5, 0.6) is 0 Å². The van der Waals surface area contributed by atoms with Crippen LogP contribution < -0.4 is 0 Å². The second-order valence-electron chi connectivity index (χ2n) is 5.79. The second-order valence-corrected chi connectivity index (χ2v) is 6.65. The van der Waals surface area contributed by atoms with Gasteiger partial charge >= 0.3 is 5.97 Å². The Balaban J connectivity index is 1.99. The van der Waals surface area contributed by atoms with E-state index in [4.69, 9.17) is 5.11 Å². The predicted octanol–water partition coefficient (Wildman–Crippen LogP) is 1.40. The van der Waals surface area contributed by atoms with E-state index in [1.807, 2.05) is 0 Å². The Bertz CT molecular complexity index is 513. The highest BCUT2D eigenvalue weighted by Crippen LogP contribution is 2.18. The number of carboxylic acid groups (broad SMARTS) is 1. The number of aromatic carboxylic acids is 1. The number of rotatable bonds is 2. The first-order valence-electron chi connectivity index (χ1n) is 6.52. The summed E-state index contributed by atoms with van der Waals surface area (Å²) in [6, 6.07) is 0. The molecule has 0 aliphatic carbocycles.